The lowest BCUT2D eigenvalue weighted by atomic mass is 9.83. The van der Waals surface area contributed by atoms with E-state index in [4.69, 9.17) is 20.3 Å². The normalized spacial score (nSPS) is 30.1. The topological polar surface area (TPSA) is 18.5 Å². The van der Waals surface area contributed by atoms with E-state index in [1.807, 2.05) is 18.2 Å². The van der Waals surface area contributed by atoms with Crippen molar-refractivity contribution in [3.63, 3.8) is 0 Å². The van der Waals surface area contributed by atoms with Gasteiger partial charge in [-0.2, -0.15) is 0 Å². The molecule has 0 radical (unpaired) electrons. The van der Waals surface area contributed by atoms with E-state index in [0.717, 1.165) is 0 Å². The fraction of sp³-hybridized carbons (Fsp3) is 0.455. The molecule has 1 saturated heterocycles. The Labute approximate surface area is 96.2 Å². The van der Waals surface area contributed by atoms with Gasteiger partial charge in [-0.05, 0) is 16.8 Å². The van der Waals surface area contributed by atoms with Crippen molar-refractivity contribution in [2.24, 2.45) is 5.41 Å². The molecule has 1 aromatic rings. The van der Waals surface area contributed by atoms with Gasteiger partial charge in [0.25, 0.3) is 7.73 Å². The Balaban J connectivity index is 2.26. The predicted molar refractivity (Wildman–Crippen MR) is 62.8 cm³/mol. The van der Waals surface area contributed by atoms with Crippen molar-refractivity contribution in [2.45, 2.75) is 20.0 Å². The summed E-state index contributed by atoms with van der Waals surface area (Å²) in [5, 5.41) is 0. The molecule has 82 valence electrons. The van der Waals surface area contributed by atoms with Gasteiger partial charge in [0.15, 0.2) is 0 Å². The monoisotopic (exact) mass is 244 g/mol. The standard InChI is InChI=1S/C11H14ClO2P/c1-11(2)8-13-15(12)14-10(11)9-6-4-3-5-7-9/h3-7,10H,8H2,1-2H3. The molecule has 15 heavy (non-hydrogen) atoms. The van der Waals surface area contributed by atoms with E-state index < -0.39 is 7.73 Å². The lowest BCUT2D eigenvalue weighted by Crippen LogP contribution is -2.31. The molecule has 2 nitrogen and oxygen atoms in total. The van der Waals surface area contributed by atoms with Crippen LogP contribution in [0.3, 0.4) is 0 Å². The molecule has 1 fully saturated rings. The molecule has 0 amide bonds. The Kier molecular flexibility index (Phi) is 3.32. The van der Waals surface area contributed by atoms with Gasteiger partial charge in [0.1, 0.15) is 0 Å². The molecule has 2 unspecified atom stereocenters. The molecule has 2 rings (SSSR count). The van der Waals surface area contributed by atoms with Crippen LogP contribution in [-0.2, 0) is 9.05 Å². The molecule has 0 aliphatic carbocycles. The Morgan fingerprint density at radius 1 is 1.33 bits per heavy atom. The first-order chi connectivity index (χ1) is 7.09. The number of halogens is 1. The van der Waals surface area contributed by atoms with E-state index in [2.05, 4.69) is 26.0 Å². The number of hydrogen-bond acceptors (Lipinski definition) is 2. The van der Waals surface area contributed by atoms with Crippen molar-refractivity contribution < 1.29 is 9.05 Å². The molecular formula is C11H14ClO2P. The lowest BCUT2D eigenvalue weighted by molar-refractivity contribution is -0.00565. The highest BCUT2D eigenvalue weighted by molar-refractivity contribution is 7.76. The van der Waals surface area contributed by atoms with Crippen molar-refractivity contribution in [3.8, 4) is 0 Å². The van der Waals surface area contributed by atoms with E-state index in [-0.39, 0.29) is 11.5 Å². The molecule has 1 heterocycles. The summed E-state index contributed by atoms with van der Waals surface area (Å²) in [6, 6.07) is 10.2. The van der Waals surface area contributed by atoms with Crippen molar-refractivity contribution in [1.82, 2.24) is 0 Å². The third-order valence-electron chi connectivity index (χ3n) is 2.54. The summed E-state index contributed by atoms with van der Waals surface area (Å²) in [6.07, 6.45) is 0.0241. The first-order valence-electron chi connectivity index (χ1n) is 4.90. The molecule has 4 heteroatoms. The summed E-state index contributed by atoms with van der Waals surface area (Å²) >= 11 is 5.91. The number of hydrogen-bond donors (Lipinski definition) is 0. The van der Waals surface area contributed by atoms with Crippen LogP contribution in [0.4, 0.5) is 0 Å². The first-order valence-corrected chi connectivity index (χ1v) is 6.98. The minimum Gasteiger partial charge on any atom is -0.321 e. The fourth-order valence-electron chi connectivity index (χ4n) is 1.69. The quantitative estimate of drug-likeness (QED) is 0.687. The van der Waals surface area contributed by atoms with Crippen LogP contribution in [0.15, 0.2) is 30.3 Å². The van der Waals surface area contributed by atoms with Crippen LogP contribution in [0.25, 0.3) is 0 Å². The third-order valence-corrected chi connectivity index (χ3v) is 3.78. The Bertz CT molecular complexity index is 329. The number of benzene rings is 1. The van der Waals surface area contributed by atoms with Gasteiger partial charge in [-0.3, -0.25) is 0 Å². The zero-order valence-electron chi connectivity index (χ0n) is 8.81. The highest BCUT2D eigenvalue weighted by atomic mass is 35.7. The van der Waals surface area contributed by atoms with E-state index in [1.165, 1.54) is 5.56 Å². The van der Waals surface area contributed by atoms with Gasteiger partial charge in [0.2, 0.25) is 0 Å². The van der Waals surface area contributed by atoms with E-state index in [0.29, 0.717) is 6.61 Å². The summed E-state index contributed by atoms with van der Waals surface area (Å²) in [5.41, 5.74) is 1.13. The maximum absolute atomic E-state index is 5.91. The smallest absolute Gasteiger partial charge is 0.277 e. The van der Waals surface area contributed by atoms with E-state index in [9.17, 15) is 0 Å². The second kappa shape index (κ2) is 4.39. The van der Waals surface area contributed by atoms with Gasteiger partial charge < -0.3 is 9.05 Å². The average molecular weight is 245 g/mol. The van der Waals surface area contributed by atoms with Crippen LogP contribution in [0.1, 0.15) is 25.5 Å². The summed E-state index contributed by atoms with van der Waals surface area (Å²) in [6.45, 7) is 4.90. The molecule has 0 spiro atoms. The average Bonchev–Trinajstić information content (AvgIpc) is 2.23. The van der Waals surface area contributed by atoms with Crippen LogP contribution < -0.4 is 0 Å². The zero-order valence-corrected chi connectivity index (χ0v) is 10.5. The summed E-state index contributed by atoms with van der Waals surface area (Å²) in [7, 11) is -1.24. The second-order valence-corrected chi connectivity index (χ2v) is 6.09. The van der Waals surface area contributed by atoms with Gasteiger partial charge in [-0.15, -0.1) is 0 Å². The minimum absolute atomic E-state index is 0.0241. The van der Waals surface area contributed by atoms with Crippen LogP contribution in [0.5, 0.6) is 0 Å². The van der Waals surface area contributed by atoms with Crippen molar-refractivity contribution in [3.05, 3.63) is 35.9 Å². The molecule has 1 aliphatic rings. The fourth-order valence-corrected chi connectivity index (χ4v) is 3.14. The van der Waals surface area contributed by atoms with Gasteiger partial charge in [-0.1, -0.05) is 44.2 Å². The van der Waals surface area contributed by atoms with E-state index >= 15 is 0 Å². The lowest BCUT2D eigenvalue weighted by Gasteiger charge is -2.39. The van der Waals surface area contributed by atoms with Gasteiger partial charge in [0.05, 0.1) is 12.7 Å². The Morgan fingerprint density at radius 3 is 2.67 bits per heavy atom. The third kappa shape index (κ3) is 2.51. The minimum atomic E-state index is -1.24. The van der Waals surface area contributed by atoms with Crippen LogP contribution in [-0.4, -0.2) is 6.61 Å². The number of rotatable bonds is 1. The highest BCUT2D eigenvalue weighted by Crippen LogP contribution is 2.57. The molecule has 1 aromatic carbocycles. The van der Waals surface area contributed by atoms with Crippen molar-refractivity contribution in [1.29, 1.82) is 0 Å². The maximum Gasteiger partial charge on any atom is 0.277 e. The van der Waals surface area contributed by atoms with Gasteiger partial charge in [-0.25, -0.2) is 0 Å². The van der Waals surface area contributed by atoms with E-state index in [1.54, 1.807) is 0 Å². The van der Waals surface area contributed by atoms with Gasteiger partial charge in [0, 0.05) is 5.41 Å². The molecule has 0 bridgehead atoms. The van der Waals surface area contributed by atoms with Crippen LogP contribution in [0.2, 0.25) is 0 Å². The molecule has 0 N–H and O–H groups in total. The Morgan fingerprint density at radius 2 is 2.00 bits per heavy atom. The second-order valence-electron chi connectivity index (χ2n) is 4.37. The van der Waals surface area contributed by atoms with Crippen molar-refractivity contribution >= 4 is 19.0 Å². The molecule has 1 aliphatic heterocycles. The first kappa shape index (κ1) is 11.3. The maximum atomic E-state index is 5.91. The largest absolute Gasteiger partial charge is 0.321 e. The van der Waals surface area contributed by atoms with Gasteiger partial charge >= 0.3 is 0 Å². The predicted octanol–water partition coefficient (Wildman–Crippen LogP) is 4.27. The molecule has 0 saturated carbocycles. The molecular weight excluding hydrogens is 231 g/mol. The zero-order chi connectivity index (χ0) is 10.9. The summed E-state index contributed by atoms with van der Waals surface area (Å²) in [4.78, 5) is 0. The van der Waals surface area contributed by atoms with Crippen LogP contribution >= 0.6 is 19.0 Å². The Hall–Kier alpha value is -0.140. The summed E-state index contributed by atoms with van der Waals surface area (Å²) in [5.74, 6) is 0. The molecule has 0 aromatic heterocycles. The molecule has 2 atom stereocenters. The van der Waals surface area contributed by atoms with Crippen LogP contribution in [0, 0.1) is 5.41 Å². The van der Waals surface area contributed by atoms with Crippen molar-refractivity contribution in [2.75, 3.05) is 6.61 Å². The summed E-state index contributed by atoms with van der Waals surface area (Å²) < 4.78 is 11.0. The SMILES string of the molecule is CC1(C)COP(Cl)OC1c1ccccc1. The highest BCUT2D eigenvalue weighted by Gasteiger charge is 2.39.